The normalized spacial score (nSPS) is 14.4. The van der Waals surface area contributed by atoms with Crippen LogP contribution in [0.3, 0.4) is 0 Å². The summed E-state index contributed by atoms with van der Waals surface area (Å²) in [6, 6.07) is 15.6. The number of nitrogens with zero attached hydrogens (tertiary/aromatic N) is 1. The molecule has 2 N–H and O–H groups in total. The molecule has 3 rings (SSSR count). The van der Waals surface area contributed by atoms with Crippen LogP contribution in [-0.4, -0.2) is 23.4 Å². The standard InChI is InChI=1S/C20H23N3O2/c1-14(17-8-5-9-19(12-17)22-15(2)24)21-20(25)23-11-10-16-6-3-4-7-18(16)13-23/h3-9,12,14H,10-11,13H2,1-2H3,(H,21,25)(H,22,24)/t14-/m1/s1. The summed E-state index contributed by atoms with van der Waals surface area (Å²) in [5, 5.41) is 5.82. The summed E-state index contributed by atoms with van der Waals surface area (Å²) in [5.74, 6) is -0.110. The smallest absolute Gasteiger partial charge is 0.318 e. The topological polar surface area (TPSA) is 61.4 Å². The molecule has 25 heavy (non-hydrogen) atoms. The van der Waals surface area contributed by atoms with Gasteiger partial charge in [-0.05, 0) is 42.2 Å². The van der Waals surface area contributed by atoms with E-state index in [4.69, 9.17) is 0 Å². The Balaban J connectivity index is 1.64. The minimum atomic E-state index is -0.140. The minimum absolute atomic E-state index is 0.0630. The van der Waals surface area contributed by atoms with Crippen LogP contribution in [0.5, 0.6) is 0 Å². The van der Waals surface area contributed by atoms with Gasteiger partial charge in [-0.15, -0.1) is 0 Å². The van der Waals surface area contributed by atoms with Gasteiger partial charge in [-0.1, -0.05) is 36.4 Å². The first-order valence-corrected chi connectivity index (χ1v) is 8.52. The van der Waals surface area contributed by atoms with Crippen LogP contribution < -0.4 is 10.6 Å². The van der Waals surface area contributed by atoms with Crippen molar-refractivity contribution >= 4 is 17.6 Å². The number of carbonyl (C=O) groups excluding carboxylic acids is 2. The van der Waals surface area contributed by atoms with Crippen LogP contribution in [0.2, 0.25) is 0 Å². The van der Waals surface area contributed by atoms with Crippen LogP contribution in [0.25, 0.3) is 0 Å². The first-order valence-electron chi connectivity index (χ1n) is 8.52. The molecule has 0 radical (unpaired) electrons. The maximum absolute atomic E-state index is 12.6. The molecule has 1 heterocycles. The molecule has 0 fully saturated rings. The number of amides is 3. The van der Waals surface area contributed by atoms with Crippen molar-refractivity contribution < 1.29 is 9.59 Å². The number of fused-ring (bicyclic) bond motifs is 1. The molecule has 1 aliphatic heterocycles. The molecule has 0 aliphatic carbocycles. The highest BCUT2D eigenvalue weighted by atomic mass is 16.2. The maximum Gasteiger partial charge on any atom is 0.318 e. The molecule has 0 bridgehead atoms. The van der Waals surface area contributed by atoms with Gasteiger partial charge < -0.3 is 15.5 Å². The quantitative estimate of drug-likeness (QED) is 0.901. The van der Waals surface area contributed by atoms with Crippen molar-refractivity contribution in [2.45, 2.75) is 32.9 Å². The van der Waals surface area contributed by atoms with Gasteiger partial charge in [0.2, 0.25) is 5.91 Å². The van der Waals surface area contributed by atoms with Crippen molar-refractivity contribution in [3.05, 3.63) is 65.2 Å². The predicted molar refractivity (Wildman–Crippen MR) is 98.2 cm³/mol. The zero-order chi connectivity index (χ0) is 17.8. The molecule has 1 atom stereocenters. The molecule has 5 heteroatoms. The fraction of sp³-hybridized carbons (Fsp3) is 0.300. The Bertz CT molecular complexity index is 788. The summed E-state index contributed by atoms with van der Waals surface area (Å²) < 4.78 is 0. The van der Waals surface area contributed by atoms with Crippen LogP contribution in [0.1, 0.15) is 36.6 Å². The van der Waals surface area contributed by atoms with Gasteiger partial charge in [0.25, 0.3) is 0 Å². The van der Waals surface area contributed by atoms with Gasteiger partial charge in [-0.2, -0.15) is 0 Å². The van der Waals surface area contributed by atoms with E-state index in [1.165, 1.54) is 18.1 Å². The van der Waals surface area contributed by atoms with E-state index in [0.29, 0.717) is 6.54 Å². The zero-order valence-corrected chi connectivity index (χ0v) is 14.6. The SMILES string of the molecule is CC(=O)Nc1cccc([C@@H](C)NC(=O)N2CCc3ccccc3C2)c1. The highest BCUT2D eigenvalue weighted by Gasteiger charge is 2.21. The molecule has 1 aliphatic rings. The number of nitrogens with one attached hydrogen (secondary N) is 2. The van der Waals surface area contributed by atoms with Crippen LogP contribution in [0.15, 0.2) is 48.5 Å². The lowest BCUT2D eigenvalue weighted by atomic mass is 10.0. The van der Waals surface area contributed by atoms with Crippen molar-refractivity contribution in [2.24, 2.45) is 0 Å². The predicted octanol–water partition coefficient (Wildman–Crippen LogP) is 3.47. The van der Waals surface area contributed by atoms with Gasteiger partial charge in [0.05, 0.1) is 6.04 Å². The lowest BCUT2D eigenvalue weighted by Gasteiger charge is -2.30. The highest BCUT2D eigenvalue weighted by molar-refractivity contribution is 5.88. The molecule has 0 aromatic heterocycles. The zero-order valence-electron chi connectivity index (χ0n) is 14.6. The number of rotatable bonds is 3. The third kappa shape index (κ3) is 4.18. The van der Waals surface area contributed by atoms with Crippen molar-refractivity contribution in [1.82, 2.24) is 10.2 Å². The summed E-state index contributed by atoms with van der Waals surface area (Å²) >= 11 is 0. The summed E-state index contributed by atoms with van der Waals surface area (Å²) in [4.78, 5) is 25.6. The van der Waals surface area contributed by atoms with Gasteiger partial charge in [0, 0.05) is 25.7 Å². The summed E-state index contributed by atoms with van der Waals surface area (Å²) in [7, 11) is 0. The lowest BCUT2D eigenvalue weighted by Crippen LogP contribution is -2.43. The third-order valence-corrected chi connectivity index (χ3v) is 4.46. The number of benzene rings is 2. The molecule has 0 unspecified atom stereocenters. The molecular formula is C20H23N3O2. The third-order valence-electron chi connectivity index (χ3n) is 4.46. The highest BCUT2D eigenvalue weighted by Crippen LogP contribution is 2.21. The second-order valence-corrected chi connectivity index (χ2v) is 6.42. The van der Waals surface area contributed by atoms with Crippen LogP contribution in [0, 0.1) is 0 Å². The van der Waals surface area contributed by atoms with E-state index in [1.54, 1.807) is 0 Å². The van der Waals surface area contributed by atoms with Gasteiger partial charge in [-0.25, -0.2) is 4.79 Å². The first kappa shape index (κ1) is 17.0. The fourth-order valence-corrected chi connectivity index (χ4v) is 3.12. The molecule has 0 saturated heterocycles. The lowest BCUT2D eigenvalue weighted by molar-refractivity contribution is -0.114. The number of carbonyl (C=O) groups is 2. The van der Waals surface area contributed by atoms with Crippen LogP contribution in [-0.2, 0) is 17.8 Å². The Morgan fingerprint density at radius 1 is 1.08 bits per heavy atom. The van der Waals surface area contributed by atoms with Gasteiger partial charge in [0.15, 0.2) is 0 Å². The molecule has 3 amide bonds. The molecular weight excluding hydrogens is 314 g/mol. The van der Waals surface area contributed by atoms with Gasteiger partial charge >= 0.3 is 6.03 Å². The van der Waals surface area contributed by atoms with Gasteiger partial charge in [0.1, 0.15) is 0 Å². The molecule has 0 spiro atoms. The average Bonchev–Trinajstić information content (AvgIpc) is 2.61. The van der Waals surface area contributed by atoms with E-state index in [0.717, 1.165) is 24.2 Å². The molecule has 0 saturated carbocycles. The van der Waals surface area contributed by atoms with Gasteiger partial charge in [-0.3, -0.25) is 4.79 Å². The minimum Gasteiger partial charge on any atom is -0.331 e. The van der Waals surface area contributed by atoms with E-state index in [2.05, 4.69) is 22.8 Å². The summed E-state index contributed by atoms with van der Waals surface area (Å²) in [6.45, 7) is 4.79. The average molecular weight is 337 g/mol. The number of hydrogen-bond acceptors (Lipinski definition) is 2. The Morgan fingerprint density at radius 2 is 1.84 bits per heavy atom. The monoisotopic (exact) mass is 337 g/mol. The van der Waals surface area contributed by atoms with Crippen molar-refractivity contribution in [3.63, 3.8) is 0 Å². The Labute approximate surface area is 148 Å². The van der Waals surface area contributed by atoms with Crippen molar-refractivity contribution in [1.29, 1.82) is 0 Å². The maximum atomic E-state index is 12.6. The number of hydrogen-bond donors (Lipinski definition) is 2. The van der Waals surface area contributed by atoms with E-state index in [-0.39, 0.29) is 18.0 Å². The number of anilines is 1. The summed E-state index contributed by atoms with van der Waals surface area (Å²) in [5.41, 5.74) is 4.22. The Kier molecular flexibility index (Phi) is 5.03. The molecule has 130 valence electrons. The molecule has 5 nitrogen and oxygen atoms in total. The van der Waals surface area contributed by atoms with Crippen LogP contribution in [0.4, 0.5) is 10.5 Å². The molecule has 2 aromatic carbocycles. The molecule has 2 aromatic rings. The number of urea groups is 1. The first-order chi connectivity index (χ1) is 12.0. The van der Waals surface area contributed by atoms with Crippen molar-refractivity contribution in [3.8, 4) is 0 Å². The fourth-order valence-electron chi connectivity index (χ4n) is 3.12. The van der Waals surface area contributed by atoms with E-state index >= 15 is 0 Å². The van der Waals surface area contributed by atoms with Crippen molar-refractivity contribution in [2.75, 3.05) is 11.9 Å². The van der Waals surface area contributed by atoms with E-state index in [9.17, 15) is 9.59 Å². The Hall–Kier alpha value is -2.82. The van der Waals surface area contributed by atoms with E-state index < -0.39 is 0 Å². The summed E-state index contributed by atoms with van der Waals surface area (Å²) in [6.07, 6.45) is 0.885. The van der Waals surface area contributed by atoms with E-state index in [1.807, 2.05) is 48.2 Å². The largest absolute Gasteiger partial charge is 0.331 e. The second kappa shape index (κ2) is 7.38. The van der Waals surface area contributed by atoms with Crippen LogP contribution >= 0.6 is 0 Å². The second-order valence-electron chi connectivity index (χ2n) is 6.42. The Morgan fingerprint density at radius 3 is 2.60 bits per heavy atom.